The van der Waals surface area contributed by atoms with Crippen molar-refractivity contribution in [3.63, 3.8) is 0 Å². The Bertz CT molecular complexity index is 391. The Morgan fingerprint density at radius 3 is 2.53 bits per heavy atom. The van der Waals surface area contributed by atoms with Crippen LogP contribution in [0.3, 0.4) is 0 Å². The quantitative estimate of drug-likeness (QED) is 0.877. The summed E-state index contributed by atoms with van der Waals surface area (Å²) in [4.78, 5) is 2.13. The number of rotatable bonds is 5. The van der Waals surface area contributed by atoms with E-state index in [1.54, 1.807) is 7.11 Å². The molecular formula is C13H21ClN2O. The van der Waals surface area contributed by atoms with Gasteiger partial charge in [-0.1, -0.05) is 11.6 Å². The van der Waals surface area contributed by atoms with Gasteiger partial charge in [0.25, 0.3) is 0 Å². The number of benzene rings is 1. The van der Waals surface area contributed by atoms with Gasteiger partial charge in [-0.25, -0.2) is 0 Å². The number of nitrogens with one attached hydrogen (secondary N) is 1. The predicted octanol–water partition coefficient (Wildman–Crippen LogP) is 2.94. The number of likely N-dealkylation sites (N-methyl/N-ethyl adjacent to an activating group) is 1. The van der Waals surface area contributed by atoms with Crippen LogP contribution < -0.4 is 10.1 Å². The van der Waals surface area contributed by atoms with Gasteiger partial charge in [-0.15, -0.1) is 0 Å². The van der Waals surface area contributed by atoms with E-state index >= 15 is 0 Å². The number of methoxy groups -OCH3 is 1. The third kappa shape index (κ3) is 3.51. The highest BCUT2D eigenvalue weighted by Gasteiger charge is 2.12. The van der Waals surface area contributed by atoms with Gasteiger partial charge in [0.15, 0.2) is 0 Å². The molecular weight excluding hydrogens is 236 g/mol. The van der Waals surface area contributed by atoms with Crippen LogP contribution in [0.1, 0.15) is 11.1 Å². The molecule has 0 saturated heterocycles. The molecule has 1 aromatic carbocycles. The van der Waals surface area contributed by atoms with E-state index in [1.807, 2.05) is 34.0 Å². The smallest absolute Gasteiger partial charge is 0.142 e. The van der Waals surface area contributed by atoms with E-state index in [0.29, 0.717) is 0 Å². The zero-order valence-electron chi connectivity index (χ0n) is 11.2. The van der Waals surface area contributed by atoms with Crippen LogP contribution in [0.25, 0.3) is 0 Å². The molecule has 0 radical (unpaired) electrons. The molecule has 17 heavy (non-hydrogen) atoms. The van der Waals surface area contributed by atoms with Gasteiger partial charge in [0, 0.05) is 18.1 Å². The minimum atomic E-state index is 0.804. The summed E-state index contributed by atoms with van der Waals surface area (Å²) in [7, 11) is 5.78. The molecule has 96 valence electrons. The zero-order chi connectivity index (χ0) is 13.0. The average Bonchev–Trinajstić information content (AvgIpc) is 2.28. The normalized spacial score (nSPS) is 10.8. The van der Waals surface area contributed by atoms with Gasteiger partial charge in [-0.2, -0.15) is 0 Å². The average molecular weight is 257 g/mol. The first-order valence-corrected chi connectivity index (χ1v) is 6.07. The topological polar surface area (TPSA) is 24.5 Å². The van der Waals surface area contributed by atoms with Gasteiger partial charge in [0.1, 0.15) is 5.75 Å². The number of hydrogen-bond acceptors (Lipinski definition) is 3. The molecule has 0 saturated carbocycles. The molecule has 3 nitrogen and oxygen atoms in total. The van der Waals surface area contributed by atoms with Gasteiger partial charge in [0.2, 0.25) is 0 Å². The number of nitrogens with zero attached hydrogens (tertiary/aromatic N) is 1. The van der Waals surface area contributed by atoms with E-state index in [9.17, 15) is 0 Å². The summed E-state index contributed by atoms with van der Waals surface area (Å²) in [6.45, 7) is 5.83. The van der Waals surface area contributed by atoms with E-state index in [4.69, 9.17) is 16.3 Å². The van der Waals surface area contributed by atoms with E-state index < -0.39 is 0 Å². The molecule has 4 heteroatoms. The molecule has 0 unspecified atom stereocenters. The Kier molecular flexibility index (Phi) is 5.09. The summed E-state index contributed by atoms with van der Waals surface area (Å²) in [6.07, 6.45) is 0. The molecule has 1 rings (SSSR count). The highest BCUT2D eigenvalue weighted by molar-refractivity contribution is 6.32. The highest BCUT2D eigenvalue weighted by Crippen LogP contribution is 2.35. The second-order valence-corrected chi connectivity index (χ2v) is 4.82. The number of hydrogen-bond donors (Lipinski definition) is 1. The van der Waals surface area contributed by atoms with Crippen LogP contribution in [0.4, 0.5) is 5.69 Å². The van der Waals surface area contributed by atoms with Crippen LogP contribution in [0.5, 0.6) is 5.75 Å². The molecule has 0 aliphatic heterocycles. The van der Waals surface area contributed by atoms with Crippen molar-refractivity contribution >= 4 is 17.3 Å². The summed E-state index contributed by atoms with van der Waals surface area (Å²) in [5.74, 6) is 0.850. The van der Waals surface area contributed by atoms with Gasteiger partial charge in [-0.05, 0) is 45.1 Å². The van der Waals surface area contributed by atoms with Crippen molar-refractivity contribution in [1.82, 2.24) is 4.90 Å². The second-order valence-electron chi connectivity index (χ2n) is 4.44. The van der Waals surface area contributed by atoms with E-state index in [-0.39, 0.29) is 0 Å². The molecule has 0 spiro atoms. The van der Waals surface area contributed by atoms with E-state index in [0.717, 1.165) is 40.7 Å². The van der Waals surface area contributed by atoms with Crippen molar-refractivity contribution in [2.24, 2.45) is 0 Å². The van der Waals surface area contributed by atoms with Crippen LogP contribution in [-0.4, -0.2) is 39.2 Å². The maximum absolute atomic E-state index is 6.25. The Morgan fingerprint density at radius 1 is 1.35 bits per heavy atom. The Labute approximate surface area is 109 Å². The maximum Gasteiger partial charge on any atom is 0.142 e. The van der Waals surface area contributed by atoms with Crippen molar-refractivity contribution in [3.05, 3.63) is 22.2 Å². The summed E-state index contributed by atoms with van der Waals surface area (Å²) in [5, 5.41) is 4.18. The van der Waals surface area contributed by atoms with Crippen LogP contribution >= 0.6 is 11.6 Å². The lowest BCUT2D eigenvalue weighted by atomic mass is 10.1. The molecule has 0 aromatic heterocycles. The third-order valence-electron chi connectivity index (χ3n) is 2.73. The minimum absolute atomic E-state index is 0.804. The van der Waals surface area contributed by atoms with Crippen LogP contribution in [-0.2, 0) is 0 Å². The molecule has 0 aliphatic rings. The fourth-order valence-corrected chi connectivity index (χ4v) is 1.86. The van der Waals surface area contributed by atoms with Gasteiger partial charge in [-0.3, -0.25) is 0 Å². The predicted molar refractivity (Wildman–Crippen MR) is 74.5 cm³/mol. The maximum atomic E-state index is 6.25. The molecule has 0 fully saturated rings. The van der Waals surface area contributed by atoms with Crippen molar-refractivity contribution in [1.29, 1.82) is 0 Å². The number of aryl methyl sites for hydroxylation is 1. The summed E-state index contributed by atoms with van der Waals surface area (Å²) in [5.41, 5.74) is 3.08. The molecule has 0 bridgehead atoms. The number of anilines is 1. The van der Waals surface area contributed by atoms with Crippen molar-refractivity contribution < 1.29 is 4.74 Å². The Balaban J connectivity index is 2.92. The molecule has 0 atom stereocenters. The number of halogens is 1. The monoisotopic (exact) mass is 256 g/mol. The minimum Gasteiger partial charge on any atom is -0.495 e. The first-order chi connectivity index (χ1) is 7.97. The Hall–Kier alpha value is -0.930. The zero-order valence-corrected chi connectivity index (χ0v) is 12.0. The highest BCUT2D eigenvalue weighted by atomic mass is 35.5. The first kappa shape index (κ1) is 14.1. The van der Waals surface area contributed by atoms with Gasteiger partial charge < -0.3 is 15.0 Å². The molecule has 0 aliphatic carbocycles. The SMILES string of the molecule is COc1cc(C)c(Cl)c(C)c1NCCN(C)C. The van der Waals surface area contributed by atoms with E-state index in [1.165, 1.54) is 0 Å². The summed E-state index contributed by atoms with van der Waals surface area (Å²) < 4.78 is 5.38. The van der Waals surface area contributed by atoms with Crippen molar-refractivity contribution in [3.8, 4) is 5.75 Å². The van der Waals surface area contributed by atoms with E-state index in [2.05, 4.69) is 10.2 Å². The lowest BCUT2D eigenvalue weighted by molar-refractivity contribution is 0.412. The molecule has 0 heterocycles. The van der Waals surface area contributed by atoms with Gasteiger partial charge >= 0.3 is 0 Å². The first-order valence-electron chi connectivity index (χ1n) is 5.69. The summed E-state index contributed by atoms with van der Waals surface area (Å²) >= 11 is 6.25. The molecule has 1 aromatic rings. The lowest BCUT2D eigenvalue weighted by Crippen LogP contribution is -2.21. The number of ether oxygens (including phenoxy) is 1. The second kappa shape index (κ2) is 6.12. The van der Waals surface area contributed by atoms with Crippen LogP contribution in [0.2, 0.25) is 5.02 Å². The van der Waals surface area contributed by atoms with Gasteiger partial charge in [0.05, 0.1) is 12.8 Å². The summed E-state index contributed by atoms with van der Waals surface area (Å²) in [6, 6.07) is 1.97. The molecule has 1 N–H and O–H groups in total. The molecule has 0 amide bonds. The lowest BCUT2D eigenvalue weighted by Gasteiger charge is -2.18. The fourth-order valence-electron chi connectivity index (χ4n) is 1.71. The van der Waals surface area contributed by atoms with Crippen LogP contribution in [0.15, 0.2) is 6.07 Å². The largest absolute Gasteiger partial charge is 0.495 e. The Morgan fingerprint density at radius 2 is 2.00 bits per heavy atom. The van der Waals surface area contributed by atoms with Crippen molar-refractivity contribution in [2.45, 2.75) is 13.8 Å². The third-order valence-corrected chi connectivity index (χ3v) is 3.31. The van der Waals surface area contributed by atoms with Crippen molar-refractivity contribution in [2.75, 3.05) is 39.6 Å². The fraction of sp³-hybridized carbons (Fsp3) is 0.538. The standard InChI is InChI=1S/C13H21ClN2O/c1-9-8-11(17-5)13(10(2)12(9)14)15-6-7-16(3)4/h8,15H,6-7H2,1-5H3. The van der Waals surface area contributed by atoms with Crippen LogP contribution in [0, 0.1) is 13.8 Å².